The Morgan fingerprint density at radius 1 is 1.55 bits per heavy atom. The summed E-state index contributed by atoms with van der Waals surface area (Å²) in [4.78, 5) is 0.0403. The molecule has 2 atom stereocenters. The minimum Gasteiger partial charge on any atom is -0.395 e. The zero-order chi connectivity index (χ0) is 14.9. The van der Waals surface area contributed by atoms with Crippen molar-refractivity contribution in [2.75, 3.05) is 18.9 Å². The molecular weight excluding hydrogens is 280 g/mol. The second-order valence-electron chi connectivity index (χ2n) is 5.27. The number of nitrogens with two attached hydrogens (primary N) is 1. The number of rotatable bonds is 5. The van der Waals surface area contributed by atoms with Crippen LogP contribution in [-0.2, 0) is 16.6 Å². The van der Waals surface area contributed by atoms with Crippen molar-refractivity contribution in [2.45, 2.75) is 44.2 Å². The molecule has 1 fully saturated rings. The molecular formula is C12H22N4O3S. The molecule has 0 aromatic carbocycles. The lowest BCUT2D eigenvalue weighted by Gasteiger charge is -2.24. The summed E-state index contributed by atoms with van der Waals surface area (Å²) in [5, 5.41) is 13.5. The van der Waals surface area contributed by atoms with Gasteiger partial charge in [0, 0.05) is 19.3 Å². The number of aliphatic hydroxyl groups excluding tert-OH is 1. The van der Waals surface area contributed by atoms with E-state index < -0.39 is 10.0 Å². The van der Waals surface area contributed by atoms with Gasteiger partial charge in [0.2, 0.25) is 10.0 Å². The first-order valence-electron chi connectivity index (χ1n) is 6.87. The van der Waals surface area contributed by atoms with Gasteiger partial charge in [-0.05, 0) is 18.8 Å². The van der Waals surface area contributed by atoms with Gasteiger partial charge in [-0.1, -0.05) is 13.8 Å². The molecule has 0 spiro atoms. The minimum absolute atomic E-state index is 0.0229. The third kappa shape index (κ3) is 2.55. The first-order chi connectivity index (χ1) is 9.41. The molecule has 1 aliphatic rings. The number of aryl methyl sites for hydroxylation is 1. The van der Waals surface area contributed by atoms with Gasteiger partial charge in [0.15, 0.2) is 5.82 Å². The van der Waals surface area contributed by atoms with Crippen molar-refractivity contribution in [2.24, 2.45) is 5.92 Å². The Balaban J connectivity index is 2.35. The van der Waals surface area contributed by atoms with Crippen molar-refractivity contribution in [1.82, 2.24) is 14.1 Å². The molecule has 3 N–H and O–H groups in total. The molecule has 0 bridgehead atoms. The maximum Gasteiger partial charge on any atom is 0.248 e. The van der Waals surface area contributed by atoms with Crippen LogP contribution in [0.4, 0.5) is 5.82 Å². The van der Waals surface area contributed by atoms with Crippen LogP contribution in [0.2, 0.25) is 0 Å². The molecule has 8 heteroatoms. The lowest BCUT2D eigenvalue weighted by molar-refractivity contribution is 0.191. The average molecular weight is 302 g/mol. The van der Waals surface area contributed by atoms with Crippen molar-refractivity contribution in [3.05, 3.63) is 6.20 Å². The summed E-state index contributed by atoms with van der Waals surface area (Å²) in [6, 6.07) is -0.381. The van der Waals surface area contributed by atoms with E-state index in [4.69, 9.17) is 5.73 Å². The molecule has 1 saturated heterocycles. The third-order valence-corrected chi connectivity index (χ3v) is 5.75. The number of aromatic nitrogens is 2. The van der Waals surface area contributed by atoms with E-state index in [1.54, 1.807) is 4.68 Å². The molecule has 0 aliphatic carbocycles. The number of nitrogens with zero attached hydrogens (tertiary/aromatic N) is 3. The molecule has 0 amide bonds. The van der Waals surface area contributed by atoms with Gasteiger partial charge < -0.3 is 10.8 Å². The molecule has 1 aromatic heterocycles. The Labute approximate surface area is 119 Å². The summed E-state index contributed by atoms with van der Waals surface area (Å²) in [5.41, 5.74) is 5.75. The Morgan fingerprint density at radius 3 is 2.85 bits per heavy atom. The van der Waals surface area contributed by atoms with Crippen LogP contribution in [0.15, 0.2) is 11.1 Å². The van der Waals surface area contributed by atoms with Crippen LogP contribution in [0.3, 0.4) is 0 Å². The van der Waals surface area contributed by atoms with Crippen LogP contribution in [-0.4, -0.2) is 46.8 Å². The van der Waals surface area contributed by atoms with Crippen LogP contribution in [0, 0.1) is 5.92 Å². The summed E-state index contributed by atoms with van der Waals surface area (Å²) in [6.45, 7) is 4.78. The molecule has 1 aromatic rings. The molecule has 2 rings (SSSR count). The van der Waals surface area contributed by atoms with E-state index in [1.165, 1.54) is 10.5 Å². The van der Waals surface area contributed by atoms with E-state index in [-0.39, 0.29) is 29.3 Å². The minimum atomic E-state index is -3.70. The SMILES string of the molecule is CCCn1cc(S(=O)(=O)N2CCC(C)C2CO)c(N)n1. The van der Waals surface area contributed by atoms with Gasteiger partial charge >= 0.3 is 0 Å². The van der Waals surface area contributed by atoms with Crippen molar-refractivity contribution >= 4 is 15.8 Å². The zero-order valence-corrected chi connectivity index (χ0v) is 12.7. The van der Waals surface area contributed by atoms with E-state index in [9.17, 15) is 13.5 Å². The van der Waals surface area contributed by atoms with Crippen molar-refractivity contribution in [3.8, 4) is 0 Å². The molecule has 2 heterocycles. The first kappa shape index (κ1) is 15.3. The number of hydrogen-bond acceptors (Lipinski definition) is 5. The summed E-state index contributed by atoms with van der Waals surface area (Å²) < 4.78 is 28.2. The maximum absolute atomic E-state index is 12.7. The van der Waals surface area contributed by atoms with Crippen LogP contribution in [0.1, 0.15) is 26.7 Å². The van der Waals surface area contributed by atoms with E-state index in [0.717, 1.165) is 12.8 Å². The summed E-state index contributed by atoms with van der Waals surface area (Å²) in [6.07, 6.45) is 3.07. The summed E-state index contributed by atoms with van der Waals surface area (Å²) in [5.74, 6) is 0.163. The van der Waals surface area contributed by atoms with Crippen LogP contribution >= 0.6 is 0 Å². The number of anilines is 1. The van der Waals surface area contributed by atoms with Gasteiger partial charge in [-0.3, -0.25) is 4.68 Å². The molecule has 2 unspecified atom stereocenters. The fourth-order valence-electron chi connectivity index (χ4n) is 2.63. The van der Waals surface area contributed by atoms with Crippen LogP contribution in [0.25, 0.3) is 0 Å². The molecule has 20 heavy (non-hydrogen) atoms. The lowest BCUT2D eigenvalue weighted by atomic mass is 10.0. The fraction of sp³-hybridized carbons (Fsp3) is 0.750. The lowest BCUT2D eigenvalue weighted by Crippen LogP contribution is -2.39. The van der Waals surface area contributed by atoms with Crippen LogP contribution in [0.5, 0.6) is 0 Å². The molecule has 0 saturated carbocycles. The van der Waals surface area contributed by atoms with Gasteiger partial charge in [0.05, 0.1) is 12.6 Å². The average Bonchev–Trinajstić information content (AvgIpc) is 2.93. The highest BCUT2D eigenvalue weighted by Gasteiger charge is 2.40. The second-order valence-corrected chi connectivity index (χ2v) is 7.13. The first-order valence-corrected chi connectivity index (χ1v) is 8.31. The normalized spacial score (nSPS) is 24.4. The zero-order valence-electron chi connectivity index (χ0n) is 11.9. The van der Waals surface area contributed by atoms with Crippen molar-refractivity contribution in [1.29, 1.82) is 0 Å². The standard InChI is InChI=1S/C12H22N4O3S/c1-3-5-15-7-11(12(13)14-15)20(18,19)16-6-4-9(2)10(16)8-17/h7,9-10,17H,3-6,8H2,1-2H3,(H2,13,14). The smallest absolute Gasteiger partial charge is 0.248 e. The predicted octanol–water partition coefficient (Wildman–Crippen LogP) is 0.267. The molecule has 1 aliphatic heterocycles. The third-order valence-electron chi connectivity index (χ3n) is 3.81. The number of aliphatic hydroxyl groups is 1. The Kier molecular flexibility index (Phi) is 4.36. The van der Waals surface area contributed by atoms with Crippen molar-refractivity contribution in [3.63, 3.8) is 0 Å². The number of sulfonamides is 1. The van der Waals surface area contributed by atoms with Gasteiger partial charge in [-0.2, -0.15) is 9.40 Å². The van der Waals surface area contributed by atoms with E-state index in [2.05, 4.69) is 5.10 Å². The topological polar surface area (TPSA) is 101 Å². The number of nitrogen functional groups attached to an aromatic ring is 1. The monoisotopic (exact) mass is 302 g/mol. The van der Waals surface area contributed by atoms with Crippen LogP contribution < -0.4 is 5.73 Å². The second kappa shape index (κ2) is 5.71. The fourth-order valence-corrected chi connectivity index (χ4v) is 4.42. The highest BCUT2D eigenvalue weighted by Crippen LogP contribution is 2.31. The van der Waals surface area contributed by atoms with Gasteiger partial charge in [-0.25, -0.2) is 8.42 Å². The Hall–Kier alpha value is -1.12. The van der Waals surface area contributed by atoms with E-state index in [1.807, 2.05) is 13.8 Å². The summed E-state index contributed by atoms with van der Waals surface area (Å²) >= 11 is 0. The molecule has 114 valence electrons. The Morgan fingerprint density at radius 2 is 2.25 bits per heavy atom. The Bertz CT molecular complexity index is 569. The van der Waals surface area contributed by atoms with E-state index >= 15 is 0 Å². The maximum atomic E-state index is 12.7. The quantitative estimate of drug-likeness (QED) is 0.813. The summed E-state index contributed by atoms with van der Waals surface area (Å²) in [7, 11) is -3.70. The highest BCUT2D eigenvalue weighted by molar-refractivity contribution is 7.89. The highest BCUT2D eigenvalue weighted by atomic mass is 32.2. The van der Waals surface area contributed by atoms with E-state index in [0.29, 0.717) is 13.1 Å². The molecule has 0 radical (unpaired) electrons. The number of hydrogen-bond donors (Lipinski definition) is 2. The predicted molar refractivity (Wildman–Crippen MR) is 75.5 cm³/mol. The largest absolute Gasteiger partial charge is 0.395 e. The van der Waals surface area contributed by atoms with Gasteiger partial charge in [-0.15, -0.1) is 0 Å². The van der Waals surface area contributed by atoms with Gasteiger partial charge in [0.25, 0.3) is 0 Å². The van der Waals surface area contributed by atoms with Gasteiger partial charge in [0.1, 0.15) is 4.90 Å². The molecule has 7 nitrogen and oxygen atoms in total. The van der Waals surface area contributed by atoms with Crippen molar-refractivity contribution < 1.29 is 13.5 Å².